The molecule has 0 unspecified atom stereocenters. The minimum Gasteiger partial charge on any atom is -0.478 e. The summed E-state index contributed by atoms with van der Waals surface area (Å²) < 4.78 is 1.16. The molecular weight excluding hydrogens is 726 g/mol. The molecule has 3 N–H and O–H groups in total. The SMILES string of the molecule is CC(=O)c1ccc(-c2ccccc2)cc1.CC(=O)c1ccc(I)cc1.O=C(O)c1ccc(-c2ccccc2)cc1.OB(O)c1ccccc1. The number of aromatic carboxylic acids is 1. The summed E-state index contributed by atoms with van der Waals surface area (Å²) in [6, 6.07) is 50.7. The summed E-state index contributed by atoms with van der Waals surface area (Å²) in [6.45, 7) is 3.15. The normalized spacial score (nSPS) is 9.65. The van der Waals surface area contributed by atoms with E-state index in [4.69, 9.17) is 15.2 Å². The number of hydrogen-bond donors (Lipinski definition) is 3. The molecule has 0 aliphatic rings. The standard InChI is InChI=1S/C14H12O.C13H10O2.C8H7IO.C6H7BO2/c1-11(15)12-7-9-14(10-8-12)13-5-3-2-4-6-13;14-13(15)12-8-6-11(7-9-12)10-4-2-1-3-5-10;1-6(10)7-2-4-8(9)5-3-7;8-7(9)6-4-2-1-3-5-6/h2-10H,1H3;1-9H,(H,14,15);2-5H,1H3;1-5,8-9H. The topological polar surface area (TPSA) is 112 Å². The molecule has 8 heteroatoms. The van der Waals surface area contributed by atoms with Crippen molar-refractivity contribution < 1.29 is 29.5 Å². The number of benzene rings is 6. The Morgan fingerprint density at radius 3 is 1.06 bits per heavy atom. The molecule has 246 valence electrons. The average Bonchev–Trinajstić information content (AvgIpc) is 3.14. The van der Waals surface area contributed by atoms with Crippen LogP contribution < -0.4 is 5.46 Å². The van der Waals surface area contributed by atoms with E-state index < -0.39 is 13.1 Å². The van der Waals surface area contributed by atoms with Gasteiger partial charge in [-0.25, -0.2) is 4.79 Å². The Morgan fingerprint density at radius 2 is 0.755 bits per heavy atom. The molecule has 0 heterocycles. The molecule has 6 rings (SSSR count). The van der Waals surface area contributed by atoms with Crippen molar-refractivity contribution in [2.75, 3.05) is 0 Å². The second-order valence-electron chi connectivity index (χ2n) is 10.6. The van der Waals surface area contributed by atoms with Gasteiger partial charge in [0.15, 0.2) is 11.6 Å². The van der Waals surface area contributed by atoms with E-state index in [0.29, 0.717) is 11.0 Å². The molecule has 0 aliphatic carbocycles. The van der Waals surface area contributed by atoms with Crippen LogP contribution in [0.2, 0.25) is 0 Å². The number of halogens is 1. The number of hydrogen-bond acceptors (Lipinski definition) is 5. The summed E-state index contributed by atoms with van der Waals surface area (Å²) in [7, 11) is -1.34. The van der Waals surface area contributed by atoms with Crippen molar-refractivity contribution >= 4 is 52.7 Å². The number of ketones is 2. The lowest BCUT2D eigenvalue weighted by Crippen LogP contribution is -2.29. The van der Waals surface area contributed by atoms with Gasteiger partial charge in [0.2, 0.25) is 0 Å². The fourth-order valence-electron chi connectivity index (χ4n) is 4.27. The van der Waals surface area contributed by atoms with Gasteiger partial charge >= 0.3 is 13.1 Å². The third-order valence-electron chi connectivity index (χ3n) is 6.99. The summed E-state index contributed by atoms with van der Waals surface area (Å²) in [5.74, 6) is -0.666. The van der Waals surface area contributed by atoms with E-state index in [9.17, 15) is 14.4 Å². The zero-order chi connectivity index (χ0) is 35.6. The Balaban J connectivity index is 0.000000181. The third kappa shape index (κ3) is 13.5. The quantitative estimate of drug-likeness (QED) is 0.0893. The predicted molar refractivity (Wildman–Crippen MR) is 206 cm³/mol. The number of carboxylic acids is 1. The van der Waals surface area contributed by atoms with E-state index in [1.807, 2.05) is 115 Å². The first-order chi connectivity index (χ1) is 23.5. The number of carbonyl (C=O) groups excluding carboxylic acids is 2. The maximum absolute atomic E-state index is 11.1. The van der Waals surface area contributed by atoms with Crippen LogP contribution in [0.25, 0.3) is 22.3 Å². The second-order valence-corrected chi connectivity index (χ2v) is 11.8. The van der Waals surface area contributed by atoms with Crippen molar-refractivity contribution in [2.45, 2.75) is 13.8 Å². The molecule has 6 aromatic rings. The summed E-state index contributed by atoms with van der Waals surface area (Å²) in [5, 5.41) is 25.9. The van der Waals surface area contributed by atoms with Crippen molar-refractivity contribution in [3.05, 3.63) is 184 Å². The molecule has 0 amide bonds. The van der Waals surface area contributed by atoms with Gasteiger partial charge in [0, 0.05) is 14.7 Å². The van der Waals surface area contributed by atoms with Crippen LogP contribution in [-0.2, 0) is 0 Å². The Morgan fingerprint density at radius 1 is 0.449 bits per heavy atom. The molecular formula is C41H36BIO6. The van der Waals surface area contributed by atoms with Gasteiger partial charge in [0.05, 0.1) is 5.56 Å². The van der Waals surface area contributed by atoms with Gasteiger partial charge in [0.25, 0.3) is 0 Å². The van der Waals surface area contributed by atoms with Crippen LogP contribution in [-0.4, -0.2) is 39.8 Å². The van der Waals surface area contributed by atoms with Crippen LogP contribution in [0.5, 0.6) is 0 Å². The Hall–Kier alpha value is -5.16. The first kappa shape index (κ1) is 38.3. The lowest BCUT2D eigenvalue weighted by atomic mass is 9.81. The fourth-order valence-corrected chi connectivity index (χ4v) is 4.63. The monoisotopic (exact) mass is 762 g/mol. The van der Waals surface area contributed by atoms with E-state index >= 15 is 0 Å². The number of rotatable bonds is 6. The minimum atomic E-state index is -1.34. The average molecular weight is 762 g/mol. The van der Waals surface area contributed by atoms with E-state index in [1.54, 1.807) is 50.2 Å². The highest BCUT2D eigenvalue weighted by atomic mass is 127. The largest absolute Gasteiger partial charge is 0.488 e. The highest BCUT2D eigenvalue weighted by Gasteiger charge is 2.07. The molecule has 0 aliphatic heterocycles. The van der Waals surface area contributed by atoms with E-state index in [0.717, 1.165) is 31.4 Å². The number of carboxylic acid groups (broad SMARTS) is 1. The lowest BCUT2D eigenvalue weighted by Gasteiger charge is -2.01. The fraction of sp³-hybridized carbons (Fsp3) is 0.0488. The molecule has 0 saturated heterocycles. The van der Waals surface area contributed by atoms with Gasteiger partial charge in [-0.1, -0.05) is 140 Å². The zero-order valence-corrected chi connectivity index (χ0v) is 29.3. The summed E-state index contributed by atoms with van der Waals surface area (Å²) in [5.41, 5.74) is 6.81. The Bertz CT molecular complexity index is 1790. The van der Waals surface area contributed by atoms with Crippen molar-refractivity contribution in [1.82, 2.24) is 0 Å². The number of Topliss-reactive ketones (excluding diaryl/α,β-unsaturated/α-hetero) is 2. The molecule has 0 spiro atoms. The van der Waals surface area contributed by atoms with Gasteiger partial charge in [-0.3, -0.25) is 9.59 Å². The first-order valence-electron chi connectivity index (χ1n) is 15.3. The Labute approximate surface area is 301 Å². The molecule has 49 heavy (non-hydrogen) atoms. The van der Waals surface area contributed by atoms with Crippen molar-refractivity contribution in [1.29, 1.82) is 0 Å². The third-order valence-corrected chi connectivity index (χ3v) is 7.71. The van der Waals surface area contributed by atoms with Gasteiger partial charge in [0.1, 0.15) is 0 Å². The maximum atomic E-state index is 11.1. The number of carbonyl (C=O) groups is 3. The van der Waals surface area contributed by atoms with Crippen LogP contribution in [0, 0.1) is 3.57 Å². The van der Waals surface area contributed by atoms with Crippen molar-refractivity contribution in [3.63, 3.8) is 0 Å². The smallest absolute Gasteiger partial charge is 0.478 e. The van der Waals surface area contributed by atoms with Crippen LogP contribution in [0.15, 0.2) is 164 Å². The van der Waals surface area contributed by atoms with Crippen LogP contribution in [0.4, 0.5) is 0 Å². The van der Waals surface area contributed by atoms with E-state index in [1.165, 1.54) is 5.56 Å². The molecule has 0 bridgehead atoms. The summed E-state index contributed by atoms with van der Waals surface area (Å²) in [4.78, 5) is 32.5. The Kier molecular flexibility index (Phi) is 15.8. The zero-order valence-electron chi connectivity index (χ0n) is 27.1. The van der Waals surface area contributed by atoms with Gasteiger partial charge in [-0.15, -0.1) is 0 Å². The molecule has 0 fully saturated rings. The minimum absolute atomic E-state index is 0.106. The van der Waals surface area contributed by atoms with Gasteiger partial charge < -0.3 is 15.2 Å². The molecule has 0 aromatic heterocycles. The van der Waals surface area contributed by atoms with E-state index in [-0.39, 0.29) is 11.6 Å². The highest BCUT2D eigenvalue weighted by Crippen LogP contribution is 2.20. The molecule has 6 aromatic carbocycles. The van der Waals surface area contributed by atoms with Crippen LogP contribution in [0.3, 0.4) is 0 Å². The van der Waals surface area contributed by atoms with Gasteiger partial charge in [-0.05, 0) is 88.4 Å². The molecule has 0 saturated carbocycles. The van der Waals surface area contributed by atoms with Gasteiger partial charge in [-0.2, -0.15) is 0 Å². The molecule has 0 atom stereocenters. The van der Waals surface area contributed by atoms with E-state index in [2.05, 4.69) is 34.7 Å². The molecule has 6 nitrogen and oxygen atoms in total. The lowest BCUT2D eigenvalue weighted by molar-refractivity contribution is 0.0696. The first-order valence-corrected chi connectivity index (χ1v) is 16.4. The second kappa shape index (κ2) is 20.3. The van der Waals surface area contributed by atoms with Crippen molar-refractivity contribution in [3.8, 4) is 22.3 Å². The van der Waals surface area contributed by atoms with Crippen molar-refractivity contribution in [2.24, 2.45) is 0 Å². The summed E-state index contributed by atoms with van der Waals surface area (Å²) in [6.07, 6.45) is 0. The van der Waals surface area contributed by atoms with Crippen LogP contribution >= 0.6 is 22.6 Å². The molecule has 0 radical (unpaired) electrons. The predicted octanol–water partition coefficient (Wildman–Crippen LogP) is 8.47. The van der Waals surface area contributed by atoms with Crippen LogP contribution in [0.1, 0.15) is 44.9 Å². The summed E-state index contributed by atoms with van der Waals surface area (Å²) >= 11 is 2.21. The maximum Gasteiger partial charge on any atom is 0.488 e. The highest BCUT2D eigenvalue weighted by molar-refractivity contribution is 14.1.